The van der Waals surface area contributed by atoms with Crippen molar-refractivity contribution < 1.29 is 38.5 Å². The molecule has 5 N–H and O–H groups in total. The van der Waals surface area contributed by atoms with Crippen molar-refractivity contribution in [3.8, 4) is 5.75 Å². The summed E-state index contributed by atoms with van der Waals surface area (Å²) in [4.78, 5) is 41.9. The van der Waals surface area contributed by atoms with Crippen molar-refractivity contribution in [1.29, 1.82) is 0 Å². The van der Waals surface area contributed by atoms with E-state index in [-0.39, 0.29) is 34.1 Å². The lowest BCUT2D eigenvalue weighted by Crippen LogP contribution is -2.47. The number of piperidine rings is 3. The van der Waals surface area contributed by atoms with Gasteiger partial charge in [0.15, 0.2) is 8.32 Å². The van der Waals surface area contributed by atoms with Crippen LogP contribution in [-0.4, -0.2) is 86.3 Å². The molecule has 4 aliphatic rings. The maximum absolute atomic E-state index is 13.4. The third-order valence-corrected chi connectivity index (χ3v) is 19.0. The number of anilines is 1. The number of alkyl carbamates (subject to hydrolysis) is 1. The SMILES string of the molecule is CC(C)(CC[C@@H](O[Si](C)(C)C(C)(C)C)c1ccc(OCc2ccccc2)c2c1C=CCN2)OC(=O)NCCCCNC(=O)c1cccc(C(O)(C(=O)O)c2ccccc2[C@@H]2CN3CCC2CC3)c1. The van der Waals surface area contributed by atoms with E-state index in [2.05, 4.69) is 85.1 Å². The van der Waals surface area contributed by atoms with E-state index < -0.39 is 31.6 Å². The van der Waals surface area contributed by atoms with Crippen molar-refractivity contribution in [3.05, 3.63) is 136 Å². The molecule has 4 aromatic carbocycles. The lowest BCUT2D eigenvalue weighted by Gasteiger charge is -2.46. The van der Waals surface area contributed by atoms with Crippen molar-refractivity contribution >= 4 is 38.1 Å². The Hall–Kier alpha value is -5.47. The van der Waals surface area contributed by atoms with Crippen LogP contribution < -0.4 is 20.7 Å². The Morgan fingerprint density at radius 2 is 1.59 bits per heavy atom. The Morgan fingerprint density at radius 1 is 0.882 bits per heavy atom. The molecule has 12 nitrogen and oxygen atoms in total. The van der Waals surface area contributed by atoms with Gasteiger partial charge in [-0.3, -0.25) is 4.79 Å². The number of carbonyl (C=O) groups excluding carboxylic acids is 2. The third kappa shape index (κ3) is 11.9. The topological polar surface area (TPSA) is 159 Å². The van der Waals surface area contributed by atoms with Crippen LogP contribution in [0.2, 0.25) is 18.1 Å². The minimum Gasteiger partial charge on any atom is -0.487 e. The molecule has 4 aliphatic heterocycles. The number of ether oxygens (including phenoxy) is 2. The second-order valence-electron chi connectivity index (χ2n) is 20.9. The predicted octanol–water partition coefficient (Wildman–Crippen LogP) is 10.4. The highest BCUT2D eigenvalue weighted by Crippen LogP contribution is 2.46. The van der Waals surface area contributed by atoms with Gasteiger partial charge >= 0.3 is 12.1 Å². The molecule has 364 valence electrons. The number of hydrogen-bond acceptors (Lipinski definition) is 9. The Kier molecular flexibility index (Phi) is 15.9. The van der Waals surface area contributed by atoms with Gasteiger partial charge in [-0.2, -0.15) is 0 Å². The second kappa shape index (κ2) is 21.4. The van der Waals surface area contributed by atoms with Crippen LogP contribution in [0.1, 0.15) is 129 Å². The molecule has 1 unspecified atom stereocenters. The average Bonchev–Trinajstić information content (AvgIpc) is 3.33. The first-order chi connectivity index (χ1) is 32.4. The van der Waals surface area contributed by atoms with E-state index in [9.17, 15) is 24.6 Å². The van der Waals surface area contributed by atoms with Crippen LogP contribution in [0.15, 0.2) is 97.1 Å². The van der Waals surface area contributed by atoms with Gasteiger partial charge in [-0.25, -0.2) is 9.59 Å². The van der Waals surface area contributed by atoms with Crippen molar-refractivity contribution in [1.82, 2.24) is 15.5 Å². The van der Waals surface area contributed by atoms with Crippen LogP contribution in [0.3, 0.4) is 0 Å². The lowest BCUT2D eigenvalue weighted by atomic mass is 9.71. The summed E-state index contributed by atoms with van der Waals surface area (Å²) in [5, 5.41) is 32.0. The largest absolute Gasteiger partial charge is 0.487 e. The predicted molar refractivity (Wildman–Crippen MR) is 271 cm³/mol. The summed E-state index contributed by atoms with van der Waals surface area (Å²) in [6, 6.07) is 27.8. The van der Waals surface area contributed by atoms with E-state index in [1.54, 1.807) is 30.3 Å². The number of carboxylic acids is 1. The van der Waals surface area contributed by atoms with Crippen molar-refractivity contribution in [2.24, 2.45) is 5.92 Å². The zero-order chi connectivity index (χ0) is 48.7. The zero-order valence-corrected chi connectivity index (χ0v) is 42.0. The van der Waals surface area contributed by atoms with Gasteiger partial charge < -0.3 is 45.0 Å². The number of carboxylic acid groups (broad SMARTS) is 1. The number of rotatable bonds is 20. The van der Waals surface area contributed by atoms with Crippen molar-refractivity contribution in [2.75, 3.05) is 44.6 Å². The molecule has 0 aromatic heterocycles. The summed E-state index contributed by atoms with van der Waals surface area (Å²) in [6.45, 7) is 19.9. The van der Waals surface area contributed by atoms with Crippen LogP contribution in [0.25, 0.3) is 6.08 Å². The highest BCUT2D eigenvalue weighted by molar-refractivity contribution is 6.74. The number of nitrogens with one attached hydrogen (secondary N) is 3. The van der Waals surface area contributed by atoms with Crippen molar-refractivity contribution in [2.45, 2.75) is 121 Å². The highest BCUT2D eigenvalue weighted by atomic mass is 28.4. The fraction of sp³-hybridized carbons (Fsp3) is 0.473. The third-order valence-electron chi connectivity index (χ3n) is 14.5. The number of hydrogen-bond donors (Lipinski definition) is 5. The van der Waals surface area contributed by atoms with Crippen LogP contribution in [0.5, 0.6) is 5.75 Å². The number of nitrogens with zero attached hydrogens (tertiary/aromatic N) is 1. The lowest BCUT2D eigenvalue weighted by molar-refractivity contribution is -0.155. The minimum atomic E-state index is -2.34. The van der Waals surface area contributed by atoms with E-state index in [1.807, 2.05) is 50.2 Å². The molecule has 0 radical (unpaired) electrons. The number of unbranched alkanes of at least 4 members (excludes halogenated alkanes) is 1. The molecule has 0 saturated carbocycles. The number of benzene rings is 4. The van der Waals surface area contributed by atoms with Gasteiger partial charge in [-0.15, -0.1) is 0 Å². The van der Waals surface area contributed by atoms with E-state index in [0.717, 1.165) is 66.2 Å². The van der Waals surface area contributed by atoms with Gasteiger partial charge in [-0.05, 0) is 130 Å². The number of aliphatic carboxylic acids is 1. The second-order valence-corrected chi connectivity index (χ2v) is 25.6. The molecule has 0 spiro atoms. The van der Waals surface area contributed by atoms with E-state index in [4.69, 9.17) is 13.9 Å². The minimum absolute atomic E-state index is 0.0212. The summed E-state index contributed by atoms with van der Waals surface area (Å²) in [5.41, 5.74) is 2.61. The molecule has 3 saturated heterocycles. The van der Waals surface area contributed by atoms with E-state index in [1.165, 1.54) is 6.07 Å². The molecule has 13 heteroatoms. The Bertz CT molecular complexity index is 2430. The standard InChI is InChI=1S/C55H72N4O8Si/c1-53(2,3)68(6,7)67-47(43-24-25-48(49-44(43)22-16-32-56-49)65-37-38-17-9-8-10-18-38)26-29-54(4,5)66-52(63)58-31-14-13-30-57-50(60)40-19-15-20-41(35-40)55(64,51(61)62)46-23-12-11-21-42(46)45-36-59-33-27-39(45)28-34-59/h8-12,15-25,35,39,45,47,56,64H,13-14,26-34,36-37H2,1-7H3,(H,57,60)(H,58,63)(H,61,62)/t45-,47-,55?/m1/s1. The van der Waals surface area contributed by atoms with E-state index in [0.29, 0.717) is 63.4 Å². The van der Waals surface area contributed by atoms with Gasteiger partial charge in [0.05, 0.1) is 11.8 Å². The first kappa shape index (κ1) is 50.4. The number of aliphatic hydroxyl groups is 1. The maximum Gasteiger partial charge on any atom is 0.407 e. The molecule has 3 atom stereocenters. The fourth-order valence-electron chi connectivity index (χ4n) is 9.57. The van der Waals surface area contributed by atoms with Gasteiger partial charge in [0, 0.05) is 48.4 Å². The zero-order valence-electron chi connectivity index (χ0n) is 41.0. The monoisotopic (exact) mass is 945 g/mol. The number of fused-ring (bicyclic) bond motifs is 4. The molecule has 3 fully saturated rings. The Labute approximate surface area is 404 Å². The quantitative estimate of drug-likeness (QED) is 0.0427. The van der Waals surface area contributed by atoms with Gasteiger partial charge in [-0.1, -0.05) is 106 Å². The smallest absolute Gasteiger partial charge is 0.407 e. The molecule has 2 bridgehead atoms. The summed E-state index contributed by atoms with van der Waals surface area (Å²) >= 11 is 0. The Balaban J connectivity index is 0.914. The van der Waals surface area contributed by atoms with Crippen LogP contribution in [0.4, 0.5) is 10.5 Å². The first-order valence-corrected chi connectivity index (χ1v) is 27.3. The number of carbonyl (C=O) groups is 3. The normalized spacial score (nSPS) is 19.2. The number of amides is 2. The highest BCUT2D eigenvalue weighted by Gasteiger charge is 2.45. The molecule has 68 heavy (non-hydrogen) atoms. The van der Waals surface area contributed by atoms with Crippen molar-refractivity contribution in [3.63, 3.8) is 0 Å². The van der Waals surface area contributed by atoms with Crippen LogP contribution >= 0.6 is 0 Å². The maximum atomic E-state index is 13.4. The fourth-order valence-corrected chi connectivity index (χ4v) is 10.9. The molecule has 4 heterocycles. The molecule has 8 rings (SSSR count). The van der Waals surface area contributed by atoms with Crippen LogP contribution in [-0.2, 0) is 26.2 Å². The molecule has 2 amide bonds. The molecule has 0 aliphatic carbocycles. The summed E-state index contributed by atoms with van der Waals surface area (Å²) in [6.07, 6.45) is 7.96. The first-order valence-electron chi connectivity index (χ1n) is 24.4. The van der Waals surface area contributed by atoms with Gasteiger partial charge in [0.2, 0.25) is 5.60 Å². The van der Waals surface area contributed by atoms with E-state index >= 15 is 0 Å². The molecular formula is C55H72N4O8Si. The molecular weight excluding hydrogens is 873 g/mol. The summed E-state index contributed by atoms with van der Waals surface area (Å²) in [7, 11) is -2.24. The van der Waals surface area contributed by atoms with Gasteiger partial charge in [0.1, 0.15) is 18.0 Å². The van der Waals surface area contributed by atoms with Crippen LogP contribution in [0, 0.1) is 5.92 Å². The molecule has 4 aromatic rings. The summed E-state index contributed by atoms with van der Waals surface area (Å²) in [5.74, 6) is -0.417. The Morgan fingerprint density at radius 3 is 2.28 bits per heavy atom. The van der Waals surface area contributed by atoms with Gasteiger partial charge in [0.25, 0.3) is 5.91 Å². The average molecular weight is 945 g/mol. The summed E-state index contributed by atoms with van der Waals surface area (Å²) < 4.78 is 19.5.